The number of halogens is 2. The second kappa shape index (κ2) is 9.65. The molecule has 1 unspecified atom stereocenters. The lowest BCUT2D eigenvalue weighted by Gasteiger charge is -2.28. The Morgan fingerprint density at radius 1 is 0.939 bits per heavy atom. The number of benzene rings is 3. The summed E-state index contributed by atoms with van der Waals surface area (Å²) in [7, 11) is 1.54. The predicted molar refractivity (Wildman–Crippen MR) is 127 cm³/mol. The molecule has 3 amide bonds. The number of ether oxygens (including phenoxy) is 1. The molecule has 1 fully saturated rings. The highest BCUT2D eigenvalue weighted by molar-refractivity contribution is 6.31. The Labute approximate surface area is 201 Å². The van der Waals surface area contributed by atoms with Crippen LogP contribution < -0.4 is 9.64 Å². The molecule has 1 heterocycles. The van der Waals surface area contributed by atoms with Crippen LogP contribution in [-0.2, 0) is 16.1 Å². The third-order valence-electron chi connectivity index (χ3n) is 5.45. The third kappa shape index (κ3) is 4.87. The molecule has 33 heavy (non-hydrogen) atoms. The van der Waals surface area contributed by atoms with Gasteiger partial charge in [0.2, 0.25) is 5.91 Å². The molecule has 168 valence electrons. The number of carbonyl (C=O) groups excluding carboxylic acids is 3. The number of nitrogens with zero attached hydrogens (tertiary/aromatic N) is 2. The van der Waals surface area contributed by atoms with E-state index < -0.39 is 11.9 Å². The summed E-state index contributed by atoms with van der Waals surface area (Å²) in [6.45, 7) is 0.138. The molecule has 1 atom stereocenters. The quantitative estimate of drug-likeness (QED) is 0.464. The van der Waals surface area contributed by atoms with E-state index >= 15 is 0 Å². The summed E-state index contributed by atoms with van der Waals surface area (Å²) >= 11 is 12.0. The second-order valence-corrected chi connectivity index (χ2v) is 8.42. The van der Waals surface area contributed by atoms with Crippen LogP contribution >= 0.6 is 23.2 Å². The normalized spacial score (nSPS) is 15.6. The van der Waals surface area contributed by atoms with Crippen molar-refractivity contribution in [2.24, 2.45) is 0 Å². The van der Waals surface area contributed by atoms with E-state index in [9.17, 15) is 14.4 Å². The van der Waals surface area contributed by atoms with Crippen molar-refractivity contribution in [3.63, 3.8) is 0 Å². The fraction of sp³-hybridized carbons (Fsp3) is 0.160. The number of anilines is 1. The molecule has 0 bridgehead atoms. The zero-order valence-corrected chi connectivity index (χ0v) is 19.2. The maximum Gasteiger partial charge on any atom is 0.257 e. The van der Waals surface area contributed by atoms with Gasteiger partial charge >= 0.3 is 0 Å². The van der Waals surface area contributed by atoms with Crippen LogP contribution in [0.2, 0.25) is 10.0 Å². The van der Waals surface area contributed by atoms with Gasteiger partial charge in [0.15, 0.2) is 0 Å². The summed E-state index contributed by atoms with van der Waals surface area (Å²) in [4.78, 5) is 42.2. The summed E-state index contributed by atoms with van der Waals surface area (Å²) in [5.74, 6) is -0.595. The topological polar surface area (TPSA) is 66.9 Å². The molecule has 3 aromatic rings. The van der Waals surface area contributed by atoms with Crippen molar-refractivity contribution in [3.05, 3.63) is 94.0 Å². The predicted octanol–water partition coefficient (Wildman–Crippen LogP) is 4.98. The average molecular weight is 483 g/mol. The van der Waals surface area contributed by atoms with E-state index in [0.29, 0.717) is 27.0 Å². The van der Waals surface area contributed by atoms with Gasteiger partial charge in [-0.15, -0.1) is 0 Å². The van der Waals surface area contributed by atoms with Gasteiger partial charge in [0.05, 0.1) is 19.2 Å². The van der Waals surface area contributed by atoms with Crippen molar-refractivity contribution in [2.75, 3.05) is 12.0 Å². The van der Waals surface area contributed by atoms with Gasteiger partial charge in [0, 0.05) is 22.2 Å². The van der Waals surface area contributed by atoms with Crippen LogP contribution in [0.25, 0.3) is 0 Å². The van der Waals surface area contributed by atoms with Crippen LogP contribution in [0.4, 0.5) is 5.69 Å². The maximum absolute atomic E-state index is 13.5. The van der Waals surface area contributed by atoms with Gasteiger partial charge in [0.25, 0.3) is 11.8 Å². The number of hydrogen-bond donors (Lipinski definition) is 0. The third-order valence-corrected chi connectivity index (χ3v) is 5.95. The number of hydrogen-bond acceptors (Lipinski definition) is 4. The first-order chi connectivity index (χ1) is 15.9. The fourth-order valence-corrected chi connectivity index (χ4v) is 3.98. The van der Waals surface area contributed by atoms with Gasteiger partial charge in [-0.2, -0.15) is 0 Å². The molecule has 1 saturated heterocycles. The van der Waals surface area contributed by atoms with Crippen LogP contribution in [0, 0.1) is 0 Å². The molecule has 0 radical (unpaired) electrons. The van der Waals surface area contributed by atoms with Crippen molar-refractivity contribution in [1.29, 1.82) is 0 Å². The van der Waals surface area contributed by atoms with Crippen LogP contribution in [0.5, 0.6) is 5.75 Å². The Hall–Kier alpha value is -3.35. The molecular weight excluding hydrogens is 463 g/mol. The molecule has 8 heteroatoms. The first-order valence-electron chi connectivity index (χ1n) is 10.2. The van der Waals surface area contributed by atoms with E-state index in [1.54, 1.807) is 72.8 Å². The molecule has 1 aliphatic rings. The Morgan fingerprint density at radius 2 is 1.52 bits per heavy atom. The van der Waals surface area contributed by atoms with Crippen LogP contribution in [0.1, 0.15) is 22.3 Å². The second-order valence-electron chi connectivity index (χ2n) is 7.55. The van der Waals surface area contributed by atoms with E-state index in [0.717, 1.165) is 10.5 Å². The van der Waals surface area contributed by atoms with E-state index in [4.69, 9.17) is 27.9 Å². The van der Waals surface area contributed by atoms with E-state index in [1.807, 2.05) is 0 Å². The average Bonchev–Trinajstić information content (AvgIpc) is 3.12. The lowest BCUT2D eigenvalue weighted by atomic mass is 10.1. The molecule has 0 saturated carbocycles. The standard InChI is InChI=1S/C25H20Cl2N2O4/c1-33-21-12-10-20(11-13-21)29-23(30)14-22(25(29)32)28(15-16-2-6-18(26)7-3-16)24(31)17-4-8-19(27)9-5-17/h2-13,22H,14-15H2,1H3. The number of rotatable bonds is 6. The fourth-order valence-electron chi connectivity index (χ4n) is 3.73. The largest absolute Gasteiger partial charge is 0.497 e. The van der Waals surface area contributed by atoms with Crippen molar-refractivity contribution < 1.29 is 19.1 Å². The highest BCUT2D eigenvalue weighted by atomic mass is 35.5. The first kappa shape index (κ1) is 22.8. The molecule has 6 nitrogen and oxygen atoms in total. The Morgan fingerprint density at radius 3 is 2.09 bits per heavy atom. The van der Waals surface area contributed by atoms with E-state index in [1.165, 1.54) is 12.0 Å². The zero-order chi connectivity index (χ0) is 23.5. The van der Waals surface area contributed by atoms with E-state index in [2.05, 4.69) is 0 Å². The Kier molecular flexibility index (Phi) is 6.67. The molecule has 0 spiro atoms. The number of imide groups is 1. The number of methoxy groups -OCH3 is 1. The Bertz CT molecular complexity index is 1180. The van der Waals surface area contributed by atoms with E-state index in [-0.39, 0.29) is 24.8 Å². The molecule has 0 N–H and O–H groups in total. The van der Waals surface area contributed by atoms with Gasteiger partial charge in [0.1, 0.15) is 11.8 Å². The van der Waals surface area contributed by atoms with Crippen LogP contribution in [0.15, 0.2) is 72.8 Å². The molecule has 3 aromatic carbocycles. The summed E-state index contributed by atoms with van der Waals surface area (Å²) in [5, 5.41) is 1.06. The summed E-state index contributed by atoms with van der Waals surface area (Å²) in [6.07, 6.45) is -0.113. The molecule has 1 aliphatic heterocycles. The maximum atomic E-state index is 13.5. The lowest BCUT2D eigenvalue weighted by molar-refractivity contribution is -0.122. The number of carbonyl (C=O) groups is 3. The van der Waals surface area contributed by atoms with Crippen molar-refractivity contribution >= 4 is 46.6 Å². The van der Waals surface area contributed by atoms with Crippen LogP contribution in [-0.4, -0.2) is 35.8 Å². The minimum Gasteiger partial charge on any atom is -0.497 e. The SMILES string of the molecule is COc1ccc(N2C(=O)CC(N(Cc3ccc(Cl)cc3)C(=O)c3ccc(Cl)cc3)C2=O)cc1. The molecular formula is C25H20Cl2N2O4. The summed E-state index contributed by atoms with van der Waals surface area (Å²) < 4.78 is 5.15. The minimum absolute atomic E-state index is 0.113. The highest BCUT2D eigenvalue weighted by Crippen LogP contribution is 2.29. The van der Waals surface area contributed by atoms with Crippen molar-refractivity contribution in [1.82, 2.24) is 4.90 Å². The highest BCUT2D eigenvalue weighted by Gasteiger charge is 2.44. The Balaban J connectivity index is 1.67. The van der Waals surface area contributed by atoms with Gasteiger partial charge in [-0.05, 0) is 66.2 Å². The van der Waals surface area contributed by atoms with Gasteiger partial charge in [-0.1, -0.05) is 35.3 Å². The molecule has 0 aromatic heterocycles. The van der Waals surface area contributed by atoms with Gasteiger partial charge in [-0.25, -0.2) is 4.90 Å². The van der Waals surface area contributed by atoms with Crippen molar-refractivity contribution in [3.8, 4) is 5.75 Å². The summed E-state index contributed by atoms with van der Waals surface area (Å²) in [5.41, 5.74) is 1.58. The first-order valence-corrected chi connectivity index (χ1v) is 10.9. The molecule has 0 aliphatic carbocycles. The van der Waals surface area contributed by atoms with Gasteiger partial charge < -0.3 is 9.64 Å². The number of amides is 3. The monoisotopic (exact) mass is 482 g/mol. The van der Waals surface area contributed by atoms with Crippen LogP contribution in [0.3, 0.4) is 0 Å². The lowest BCUT2D eigenvalue weighted by Crippen LogP contribution is -2.45. The summed E-state index contributed by atoms with van der Waals surface area (Å²) in [6, 6.07) is 19.1. The van der Waals surface area contributed by atoms with Gasteiger partial charge in [-0.3, -0.25) is 14.4 Å². The zero-order valence-electron chi connectivity index (χ0n) is 17.7. The van der Waals surface area contributed by atoms with Crippen molar-refractivity contribution in [2.45, 2.75) is 19.0 Å². The smallest absolute Gasteiger partial charge is 0.257 e. The minimum atomic E-state index is -0.946. The molecule has 4 rings (SSSR count).